The number of hydrogen-bond acceptors (Lipinski definition) is 6. The van der Waals surface area contributed by atoms with Crippen LogP contribution in [0, 0.1) is 0 Å². The predicted octanol–water partition coefficient (Wildman–Crippen LogP) is 1.52. The Bertz CT molecular complexity index is 746. The van der Waals surface area contributed by atoms with E-state index >= 15 is 0 Å². The van der Waals surface area contributed by atoms with Crippen LogP contribution in [0.25, 0.3) is 6.08 Å². The summed E-state index contributed by atoms with van der Waals surface area (Å²) in [6.07, 6.45) is 2.62. The third-order valence-corrected chi connectivity index (χ3v) is 5.30. The molecule has 0 spiro atoms. The molecular formula is C19H25N3O4S. The zero-order valence-corrected chi connectivity index (χ0v) is 16.5. The SMILES string of the molecule is COc1cc(/C=C2\C(=O)N(CCCN3CCOCC3)C(=S)N2C)ccc1O. The van der Waals surface area contributed by atoms with Gasteiger partial charge in [-0.1, -0.05) is 6.07 Å². The summed E-state index contributed by atoms with van der Waals surface area (Å²) in [5, 5.41) is 10.2. The highest BCUT2D eigenvalue weighted by Crippen LogP contribution is 2.29. The van der Waals surface area contributed by atoms with Crippen LogP contribution >= 0.6 is 12.2 Å². The highest BCUT2D eigenvalue weighted by molar-refractivity contribution is 7.80. The first-order chi connectivity index (χ1) is 13.0. The summed E-state index contributed by atoms with van der Waals surface area (Å²) in [4.78, 5) is 18.6. The number of phenolic OH excluding ortho intramolecular Hbond substituents is 1. The van der Waals surface area contributed by atoms with E-state index in [1.54, 1.807) is 41.1 Å². The van der Waals surface area contributed by atoms with Crippen LogP contribution in [-0.2, 0) is 9.53 Å². The summed E-state index contributed by atoms with van der Waals surface area (Å²) in [7, 11) is 3.29. The topological polar surface area (TPSA) is 65.5 Å². The quantitative estimate of drug-likeness (QED) is 0.583. The zero-order chi connectivity index (χ0) is 19.4. The molecule has 0 aliphatic carbocycles. The van der Waals surface area contributed by atoms with Gasteiger partial charge in [-0.2, -0.15) is 0 Å². The summed E-state index contributed by atoms with van der Waals surface area (Å²) >= 11 is 5.46. The summed E-state index contributed by atoms with van der Waals surface area (Å²) in [6, 6.07) is 4.97. The van der Waals surface area contributed by atoms with E-state index in [-0.39, 0.29) is 11.7 Å². The number of ether oxygens (including phenoxy) is 2. The molecule has 1 amide bonds. The molecule has 27 heavy (non-hydrogen) atoms. The number of aromatic hydroxyl groups is 1. The highest BCUT2D eigenvalue weighted by atomic mass is 32.1. The van der Waals surface area contributed by atoms with Crippen molar-refractivity contribution in [3.63, 3.8) is 0 Å². The first kappa shape index (κ1) is 19.6. The lowest BCUT2D eigenvalue weighted by Gasteiger charge is -2.27. The molecule has 2 heterocycles. The zero-order valence-electron chi connectivity index (χ0n) is 15.7. The number of amides is 1. The molecule has 2 aliphatic rings. The van der Waals surface area contributed by atoms with E-state index in [1.165, 1.54) is 7.11 Å². The van der Waals surface area contributed by atoms with E-state index in [0.717, 1.165) is 44.8 Å². The van der Waals surface area contributed by atoms with Gasteiger partial charge in [0.1, 0.15) is 5.70 Å². The van der Waals surface area contributed by atoms with Crippen LogP contribution < -0.4 is 4.74 Å². The van der Waals surface area contributed by atoms with Gasteiger partial charge in [0.05, 0.1) is 20.3 Å². The van der Waals surface area contributed by atoms with Crippen molar-refractivity contribution in [2.45, 2.75) is 6.42 Å². The number of benzene rings is 1. The first-order valence-electron chi connectivity index (χ1n) is 8.99. The Morgan fingerprint density at radius 3 is 2.74 bits per heavy atom. The van der Waals surface area contributed by atoms with Crippen LogP contribution in [-0.4, -0.2) is 84.4 Å². The number of carbonyl (C=O) groups is 1. The van der Waals surface area contributed by atoms with E-state index in [1.807, 2.05) is 0 Å². The summed E-state index contributed by atoms with van der Waals surface area (Å²) < 4.78 is 10.5. The van der Waals surface area contributed by atoms with E-state index in [9.17, 15) is 9.90 Å². The van der Waals surface area contributed by atoms with Crippen molar-refractivity contribution in [2.24, 2.45) is 0 Å². The number of nitrogens with zero attached hydrogens (tertiary/aromatic N) is 3. The van der Waals surface area contributed by atoms with E-state index in [2.05, 4.69) is 4.90 Å². The maximum absolute atomic E-state index is 12.8. The van der Waals surface area contributed by atoms with Crippen LogP contribution in [0.4, 0.5) is 0 Å². The van der Waals surface area contributed by atoms with Gasteiger partial charge >= 0.3 is 0 Å². The molecule has 2 aliphatic heterocycles. The fourth-order valence-corrected chi connectivity index (χ4v) is 3.50. The average Bonchev–Trinajstić information content (AvgIpc) is 2.88. The Kier molecular flexibility index (Phi) is 6.30. The Morgan fingerprint density at radius 2 is 2.04 bits per heavy atom. The smallest absolute Gasteiger partial charge is 0.276 e. The Morgan fingerprint density at radius 1 is 1.30 bits per heavy atom. The van der Waals surface area contributed by atoms with Gasteiger partial charge in [-0.05, 0) is 42.4 Å². The number of hydrogen-bond donors (Lipinski definition) is 1. The second-order valence-corrected chi connectivity index (χ2v) is 6.93. The third-order valence-electron chi connectivity index (χ3n) is 4.81. The van der Waals surface area contributed by atoms with Gasteiger partial charge < -0.3 is 19.5 Å². The first-order valence-corrected chi connectivity index (χ1v) is 9.40. The van der Waals surface area contributed by atoms with Gasteiger partial charge in [-0.15, -0.1) is 0 Å². The van der Waals surface area contributed by atoms with Crippen LogP contribution in [0.3, 0.4) is 0 Å². The van der Waals surface area contributed by atoms with Crippen LogP contribution in [0.5, 0.6) is 11.5 Å². The molecule has 0 saturated carbocycles. The Balaban J connectivity index is 1.67. The van der Waals surface area contributed by atoms with Gasteiger partial charge in [0.15, 0.2) is 16.6 Å². The molecular weight excluding hydrogens is 366 g/mol. The van der Waals surface area contributed by atoms with Crippen molar-refractivity contribution in [3.8, 4) is 11.5 Å². The molecule has 0 radical (unpaired) electrons. The minimum atomic E-state index is -0.100. The Labute approximate surface area is 164 Å². The van der Waals surface area contributed by atoms with Crippen molar-refractivity contribution < 1.29 is 19.4 Å². The van der Waals surface area contributed by atoms with E-state index < -0.39 is 0 Å². The molecule has 3 rings (SSSR count). The second kappa shape index (κ2) is 8.69. The molecule has 1 N–H and O–H groups in total. The lowest BCUT2D eigenvalue weighted by atomic mass is 10.1. The van der Waals surface area contributed by atoms with Crippen molar-refractivity contribution in [1.82, 2.24) is 14.7 Å². The summed E-state index contributed by atoms with van der Waals surface area (Å²) in [5.74, 6) is 0.324. The fraction of sp³-hybridized carbons (Fsp3) is 0.474. The molecule has 1 aromatic carbocycles. The Hall–Kier alpha value is -2.16. The molecule has 7 nitrogen and oxygen atoms in total. The minimum absolute atomic E-state index is 0.0611. The number of carbonyl (C=O) groups excluding carboxylic acids is 1. The maximum atomic E-state index is 12.8. The summed E-state index contributed by atoms with van der Waals surface area (Å²) in [5.41, 5.74) is 1.27. The van der Waals surface area contributed by atoms with Gasteiger partial charge in [-0.25, -0.2) is 0 Å². The minimum Gasteiger partial charge on any atom is -0.504 e. The standard InChI is InChI=1S/C19H25N3O4S/c1-20-15(12-14-4-5-16(23)17(13-14)25-2)18(24)22(19(20)27)7-3-6-21-8-10-26-11-9-21/h4-5,12-13,23H,3,6-11H2,1-2H3/b15-12+. The van der Waals surface area contributed by atoms with Gasteiger partial charge in [0.25, 0.3) is 5.91 Å². The molecule has 2 fully saturated rings. The van der Waals surface area contributed by atoms with Crippen molar-refractivity contribution in [2.75, 3.05) is 53.6 Å². The number of thiocarbonyl (C=S) groups is 1. The lowest BCUT2D eigenvalue weighted by molar-refractivity contribution is -0.122. The molecule has 0 bridgehead atoms. The highest BCUT2D eigenvalue weighted by Gasteiger charge is 2.35. The van der Waals surface area contributed by atoms with Crippen molar-refractivity contribution in [1.29, 1.82) is 0 Å². The molecule has 0 unspecified atom stereocenters. The summed E-state index contributed by atoms with van der Waals surface area (Å²) in [6.45, 7) is 4.93. The largest absolute Gasteiger partial charge is 0.504 e. The van der Waals surface area contributed by atoms with Crippen LogP contribution in [0.15, 0.2) is 23.9 Å². The number of phenols is 1. The number of morpholine rings is 1. The van der Waals surface area contributed by atoms with Gasteiger partial charge in [0.2, 0.25) is 0 Å². The van der Waals surface area contributed by atoms with Gasteiger partial charge in [0, 0.05) is 33.2 Å². The number of methoxy groups -OCH3 is 1. The second-order valence-electron chi connectivity index (χ2n) is 6.57. The number of rotatable bonds is 6. The van der Waals surface area contributed by atoms with E-state index in [4.69, 9.17) is 21.7 Å². The monoisotopic (exact) mass is 391 g/mol. The van der Waals surface area contributed by atoms with E-state index in [0.29, 0.717) is 23.1 Å². The average molecular weight is 391 g/mol. The molecule has 146 valence electrons. The normalized spacial score (nSPS) is 20.0. The molecule has 0 atom stereocenters. The molecule has 2 saturated heterocycles. The predicted molar refractivity (Wildman–Crippen MR) is 107 cm³/mol. The van der Waals surface area contributed by atoms with Crippen molar-refractivity contribution in [3.05, 3.63) is 29.5 Å². The fourth-order valence-electron chi connectivity index (χ4n) is 3.23. The van der Waals surface area contributed by atoms with Crippen LogP contribution in [0.2, 0.25) is 0 Å². The number of likely N-dealkylation sites (N-methyl/N-ethyl adjacent to an activating group) is 1. The molecule has 8 heteroatoms. The third kappa shape index (κ3) is 4.40. The molecule has 0 aromatic heterocycles. The van der Waals surface area contributed by atoms with Crippen LogP contribution in [0.1, 0.15) is 12.0 Å². The lowest BCUT2D eigenvalue weighted by Crippen LogP contribution is -2.39. The van der Waals surface area contributed by atoms with Gasteiger partial charge in [-0.3, -0.25) is 14.6 Å². The maximum Gasteiger partial charge on any atom is 0.276 e. The molecule has 1 aromatic rings. The van der Waals surface area contributed by atoms with Crippen molar-refractivity contribution >= 4 is 29.3 Å².